The topological polar surface area (TPSA) is 35.6 Å². The minimum atomic E-state index is -0.144. The monoisotopic (exact) mass is 429 g/mol. The standard InChI is InChI=1S/C22H28BrN3O/c1-17-9-10-21(20(23)15-17)24-22(27)18(2)26-12-6-11-25(13-14-26)16-19-7-4-3-5-8-19/h3-5,7-10,15,18H,6,11-14,16H2,1-2H3,(H,24,27). The molecule has 2 aromatic rings. The average Bonchev–Trinajstić information content (AvgIpc) is 2.90. The summed E-state index contributed by atoms with van der Waals surface area (Å²) in [5, 5.41) is 3.06. The van der Waals surface area contributed by atoms with E-state index < -0.39 is 0 Å². The molecule has 1 unspecified atom stereocenters. The van der Waals surface area contributed by atoms with E-state index in [1.165, 1.54) is 11.1 Å². The Bertz CT molecular complexity index is 765. The molecule has 1 saturated heterocycles. The van der Waals surface area contributed by atoms with Crippen molar-refractivity contribution in [2.45, 2.75) is 32.9 Å². The third kappa shape index (κ3) is 5.64. The van der Waals surface area contributed by atoms with E-state index in [2.05, 4.69) is 61.4 Å². The summed E-state index contributed by atoms with van der Waals surface area (Å²) >= 11 is 3.54. The zero-order valence-corrected chi connectivity index (χ0v) is 17.7. The van der Waals surface area contributed by atoms with E-state index in [1.54, 1.807) is 0 Å². The fourth-order valence-corrected chi connectivity index (χ4v) is 4.09. The molecule has 0 saturated carbocycles. The van der Waals surface area contributed by atoms with Gasteiger partial charge in [-0.25, -0.2) is 0 Å². The van der Waals surface area contributed by atoms with Crippen molar-refractivity contribution in [3.05, 3.63) is 64.1 Å². The molecule has 1 amide bonds. The number of nitrogens with one attached hydrogen (secondary N) is 1. The maximum atomic E-state index is 12.7. The minimum Gasteiger partial charge on any atom is -0.324 e. The minimum absolute atomic E-state index is 0.0519. The van der Waals surface area contributed by atoms with Gasteiger partial charge in [-0.15, -0.1) is 0 Å². The Morgan fingerprint density at radius 1 is 1.11 bits per heavy atom. The molecule has 27 heavy (non-hydrogen) atoms. The summed E-state index contributed by atoms with van der Waals surface area (Å²) in [6.45, 7) is 8.95. The molecule has 1 aliphatic rings. The van der Waals surface area contributed by atoms with Crippen LogP contribution in [0.15, 0.2) is 53.0 Å². The van der Waals surface area contributed by atoms with Gasteiger partial charge >= 0.3 is 0 Å². The molecule has 1 heterocycles. The van der Waals surface area contributed by atoms with Gasteiger partial charge in [0.25, 0.3) is 0 Å². The van der Waals surface area contributed by atoms with Crippen LogP contribution in [0.3, 0.4) is 0 Å². The summed E-state index contributed by atoms with van der Waals surface area (Å²) < 4.78 is 0.924. The number of anilines is 1. The molecular weight excluding hydrogens is 402 g/mol. The summed E-state index contributed by atoms with van der Waals surface area (Å²) in [5.74, 6) is 0.0519. The SMILES string of the molecule is Cc1ccc(NC(=O)C(C)N2CCCN(Cc3ccccc3)CC2)c(Br)c1. The predicted octanol–water partition coefficient (Wildman–Crippen LogP) is 4.29. The lowest BCUT2D eigenvalue weighted by atomic mass is 10.2. The Kier molecular flexibility index (Phi) is 7.05. The molecule has 2 aromatic carbocycles. The van der Waals surface area contributed by atoms with Gasteiger partial charge in [0, 0.05) is 30.7 Å². The summed E-state index contributed by atoms with van der Waals surface area (Å²) in [4.78, 5) is 17.5. The van der Waals surface area contributed by atoms with E-state index in [4.69, 9.17) is 0 Å². The fraction of sp³-hybridized carbons (Fsp3) is 0.409. The van der Waals surface area contributed by atoms with E-state index >= 15 is 0 Å². The van der Waals surface area contributed by atoms with E-state index in [9.17, 15) is 4.79 Å². The molecule has 144 valence electrons. The zero-order valence-electron chi connectivity index (χ0n) is 16.1. The third-order valence-electron chi connectivity index (χ3n) is 5.18. The largest absolute Gasteiger partial charge is 0.324 e. The highest BCUT2D eigenvalue weighted by molar-refractivity contribution is 9.10. The number of amides is 1. The van der Waals surface area contributed by atoms with Gasteiger partial charge in [-0.2, -0.15) is 0 Å². The quantitative estimate of drug-likeness (QED) is 0.769. The first kappa shape index (κ1) is 20.1. The molecule has 0 bridgehead atoms. The van der Waals surface area contributed by atoms with Crippen molar-refractivity contribution in [1.29, 1.82) is 0 Å². The molecule has 0 aromatic heterocycles. The van der Waals surface area contributed by atoms with Crippen LogP contribution in [0.25, 0.3) is 0 Å². The highest BCUT2D eigenvalue weighted by Gasteiger charge is 2.24. The molecule has 0 aliphatic carbocycles. The van der Waals surface area contributed by atoms with Crippen LogP contribution in [0.4, 0.5) is 5.69 Å². The second-order valence-electron chi connectivity index (χ2n) is 7.30. The Morgan fingerprint density at radius 2 is 1.89 bits per heavy atom. The summed E-state index contributed by atoms with van der Waals surface area (Å²) in [7, 11) is 0. The molecular formula is C22H28BrN3O. The highest BCUT2D eigenvalue weighted by atomic mass is 79.9. The highest BCUT2D eigenvalue weighted by Crippen LogP contribution is 2.24. The Balaban J connectivity index is 1.55. The number of nitrogens with zero attached hydrogens (tertiary/aromatic N) is 2. The van der Waals surface area contributed by atoms with Crippen LogP contribution in [-0.2, 0) is 11.3 Å². The smallest absolute Gasteiger partial charge is 0.241 e. The van der Waals surface area contributed by atoms with Gasteiger partial charge in [-0.1, -0.05) is 36.4 Å². The molecule has 1 atom stereocenters. The number of rotatable bonds is 5. The van der Waals surface area contributed by atoms with Crippen LogP contribution >= 0.6 is 15.9 Å². The number of halogens is 1. The number of carbonyl (C=O) groups excluding carboxylic acids is 1. The Morgan fingerprint density at radius 3 is 2.63 bits per heavy atom. The zero-order chi connectivity index (χ0) is 19.2. The van der Waals surface area contributed by atoms with Gasteiger partial charge in [0.05, 0.1) is 11.7 Å². The van der Waals surface area contributed by atoms with Crippen molar-refractivity contribution >= 4 is 27.5 Å². The second kappa shape index (κ2) is 9.49. The van der Waals surface area contributed by atoms with Crippen molar-refractivity contribution in [2.75, 3.05) is 31.5 Å². The summed E-state index contributed by atoms with van der Waals surface area (Å²) in [5.41, 5.74) is 3.35. The lowest BCUT2D eigenvalue weighted by Gasteiger charge is -2.27. The predicted molar refractivity (Wildman–Crippen MR) is 115 cm³/mol. The van der Waals surface area contributed by atoms with Gasteiger partial charge in [-0.3, -0.25) is 14.6 Å². The molecule has 4 nitrogen and oxygen atoms in total. The molecule has 3 rings (SSSR count). The summed E-state index contributed by atoms with van der Waals surface area (Å²) in [6.07, 6.45) is 1.08. The van der Waals surface area contributed by atoms with E-state index in [0.717, 1.165) is 49.3 Å². The van der Waals surface area contributed by atoms with E-state index in [-0.39, 0.29) is 11.9 Å². The molecule has 5 heteroatoms. The average molecular weight is 430 g/mol. The Hall–Kier alpha value is -1.69. The van der Waals surface area contributed by atoms with Crippen LogP contribution in [-0.4, -0.2) is 47.9 Å². The lowest BCUT2D eigenvalue weighted by Crippen LogP contribution is -2.43. The first-order chi connectivity index (χ1) is 13.0. The third-order valence-corrected chi connectivity index (χ3v) is 5.84. The lowest BCUT2D eigenvalue weighted by molar-refractivity contribution is -0.120. The van der Waals surface area contributed by atoms with Crippen molar-refractivity contribution in [3.63, 3.8) is 0 Å². The fourth-order valence-electron chi connectivity index (χ4n) is 3.50. The van der Waals surface area contributed by atoms with Crippen molar-refractivity contribution < 1.29 is 4.79 Å². The molecule has 1 N–H and O–H groups in total. The van der Waals surface area contributed by atoms with E-state index in [1.807, 2.05) is 32.0 Å². The molecule has 0 spiro atoms. The maximum Gasteiger partial charge on any atom is 0.241 e. The van der Waals surface area contributed by atoms with Crippen LogP contribution in [0.2, 0.25) is 0 Å². The first-order valence-corrected chi connectivity index (χ1v) is 10.4. The number of hydrogen-bond donors (Lipinski definition) is 1. The number of hydrogen-bond acceptors (Lipinski definition) is 3. The maximum absolute atomic E-state index is 12.7. The van der Waals surface area contributed by atoms with Crippen molar-refractivity contribution in [1.82, 2.24) is 9.80 Å². The van der Waals surface area contributed by atoms with Gasteiger partial charge in [-0.05, 0) is 66.0 Å². The van der Waals surface area contributed by atoms with Crippen LogP contribution in [0.5, 0.6) is 0 Å². The van der Waals surface area contributed by atoms with Crippen molar-refractivity contribution in [3.8, 4) is 0 Å². The molecule has 1 fully saturated rings. The van der Waals surface area contributed by atoms with Crippen LogP contribution in [0.1, 0.15) is 24.5 Å². The van der Waals surface area contributed by atoms with Crippen molar-refractivity contribution in [2.24, 2.45) is 0 Å². The number of aryl methyl sites for hydroxylation is 1. The van der Waals surface area contributed by atoms with Gasteiger partial charge in [0.15, 0.2) is 0 Å². The van der Waals surface area contributed by atoms with Crippen LogP contribution < -0.4 is 5.32 Å². The Labute approximate surface area is 170 Å². The normalized spacial score (nSPS) is 17.3. The second-order valence-corrected chi connectivity index (χ2v) is 8.15. The van der Waals surface area contributed by atoms with E-state index in [0.29, 0.717) is 0 Å². The van der Waals surface area contributed by atoms with Crippen LogP contribution in [0, 0.1) is 6.92 Å². The first-order valence-electron chi connectivity index (χ1n) is 9.60. The molecule has 1 aliphatic heterocycles. The van der Waals surface area contributed by atoms with Gasteiger partial charge < -0.3 is 5.32 Å². The molecule has 0 radical (unpaired) electrons. The van der Waals surface area contributed by atoms with Gasteiger partial charge in [0.2, 0.25) is 5.91 Å². The number of carbonyl (C=O) groups is 1. The summed E-state index contributed by atoms with van der Waals surface area (Å²) in [6, 6.07) is 16.4. The van der Waals surface area contributed by atoms with Gasteiger partial charge in [0.1, 0.15) is 0 Å². The number of benzene rings is 2.